The fourth-order valence-electron chi connectivity index (χ4n) is 13.3. The summed E-state index contributed by atoms with van der Waals surface area (Å²) >= 11 is 0. The summed E-state index contributed by atoms with van der Waals surface area (Å²) in [4.78, 5) is 2.64. The molecular formula is C86H94N2. The molecule has 0 fully saturated rings. The molecule has 11 aromatic carbocycles. The van der Waals surface area contributed by atoms with Crippen molar-refractivity contribution in [2.24, 2.45) is 0 Å². The number of anilines is 3. The molecule has 0 aliphatic rings. The average Bonchev–Trinajstić information content (AvgIpc) is 1.22. The maximum Gasteiger partial charge on any atom is 0.0543 e. The van der Waals surface area contributed by atoms with Crippen molar-refractivity contribution in [1.82, 2.24) is 4.57 Å². The van der Waals surface area contributed by atoms with Crippen LogP contribution in [0.1, 0.15) is 184 Å². The van der Waals surface area contributed by atoms with Crippen molar-refractivity contribution < 1.29 is 0 Å². The Kier molecular flexibility index (Phi) is 14.3. The van der Waals surface area contributed by atoms with Crippen LogP contribution in [0.4, 0.5) is 17.1 Å². The monoisotopic (exact) mass is 1150 g/mol. The van der Waals surface area contributed by atoms with E-state index in [0.717, 1.165) is 17.1 Å². The van der Waals surface area contributed by atoms with E-state index in [1.54, 1.807) is 0 Å². The van der Waals surface area contributed by atoms with Gasteiger partial charge in [0.2, 0.25) is 0 Å². The lowest BCUT2D eigenvalue weighted by Gasteiger charge is -2.33. The van der Waals surface area contributed by atoms with Gasteiger partial charge in [0, 0.05) is 32.7 Å². The second kappa shape index (κ2) is 20.8. The Labute approximate surface area is 527 Å². The van der Waals surface area contributed by atoms with Gasteiger partial charge in [-0.1, -0.05) is 285 Å². The minimum Gasteiger partial charge on any atom is -0.309 e. The van der Waals surface area contributed by atoms with Gasteiger partial charge in [0.05, 0.1) is 33.8 Å². The standard InChI is InChI=1S/C86H94N2/c1-80(2,3)59-35-42-75-70(50-59)71-51-60(81(4,5)6)36-43-76(71)87(75)73-40-32-55-31-38-69-74(41-33-56-30-37-68(73)78(55)79(56)69)88(77-52-61(82(7,8)9)34-39-67(77)58-46-64(85(16,17)18)49-65(47-58)86(19,20)21)72-25-23-22-24-66(72)54-28-26-53(27-29-54)57-44-62(83(10,11)12)48-63(45-57)84(13,14)15/h22-52H,1-21H3. The summed E-state index contributed by atoms with van der Waals surface area (Å²) in [6, 6.07) is 74.0. The molecule has 1 heterocycles. The fraction of sp³-hybridized carbons (Fsp3) is 0.326. The topological polar surface area (TPSA) is 8.17 Å². The lowest BCUT2D eigenvalue weighted by Crippen LogP contribution is -2.18. The van der Waals surface area contributed by atoms with Gasteiger partial charge in [-0.05, 0) is 169 Å². The van der Waals surface area contributed by atoms with E-state index in [1.165, 1.54) is 132 Å². The molecule has 12 rings (SSSR count). The molecular weight excluding hydrogens is 1060 g/mol. The smallest absolute Gasteiger partial charge is 0.0543 e. The van der Waals surface area contributed by atoms with Gasteiger partial charge < -0.3 is 9.47 Å². The minimum atomic E-state index is -0.135. The molecule has 0 radical (unpaired) electrons. The van der Waals surface area contributed by atoms with Crippen LogP contribution in [0.15, 0.2) is 188 Å². The Balaban J connectivity index is 1.15. The highest BCUT2D eigenvalue weighted by Gasteiger charge is 2.30. The molecule has 0 spiro atoms. The summed E-state index contributed by atoms with van der Waals surface area (Å²) in [5, 5.41) is 10.1. The largest absolute Gasteiger partial charge is 0.309 e. The zero-order chi connectivity index (χ0) is 63.2. The molecule has 2 nitrogen and oxygen atoms in total. The van der Waals surface area contributed by atoms with E-state index in [4.69, 9.17) is 0 Å². The van der Waals surface area contributed by atoms with Gasteiger partial charge in [-0.25, -0.2) is 0 Å². The molecule has 0 saturated heterocycles. The van der Waals surface area contributed by atoms with Crippen LogP contribution in [-0.4, -0.2) is 4.57 Å². The van der Waals surface area contributed by atoms with Gasteiger partial charge in [-0.15, -0.1) is 0 Å². The zero-order valence-corrected chi connectivity index (χ0v) is 56.8. The average molecular weight is 1160 g/mol. The van der Waals surface area contributed by atoms with E-state index in [1.807, 2.05) is 0 Å². The summed E-state index contributed by atoms with van der Waals surface area (Å²) < 4.78 is 2.55. The number of hydrogen-bond donors (Lipinski definition) is 0. The Morgan fingerprint density at radius 2 is 0.648 bits per heavy atom. The van der Waals surface area contributed by atoms with Crippen LogP contribution < -0.4 is 4.90 Å². The maximum atomic E-state index is 2.64. The van der Waals surface area contributed by atoms with E-state index in [0.29, 0.717) is 0 Å². The van der Waals surface area contributed by atoms with Crippen LogP contribution in [0, 0.1) is 0 Å². The first-order valence-corrected chi connectivity index (χ1v) is 32.3. The van der Waals surface area contributed by atoms with Crippen molar-refractivity contribution in [3.8, 4) is 39.1 Å². The van der Waals surface area contributed by atoms with E-state index in [2.05, 4.69) is 343 Å². The molecule has 0 atom stereocenters. The number of fused-ring (bicyclic) bond motifs is 3. The second-order valence-corrected chi connectivity index (χ2v) is 32.9. The van der Waals surface area contributed by atoms with Gasteiger partial charge in [0.25, 0.3) is 0 Å². The van der Waals surface area contributed by atoms with Crippen LogP contribution in [0.5, 0.6) is 0 Å². The van der Waals surface area contributed by atoms with Crippen LogP contribution in [0.3, 0.4) is 0 Å². The van der Waals surface area contributed by atoms with Crippen molar-refractivity contribution in [1.29, 1.82) is 0 Å². The fourth-order valence-corrected chi connectivity index (χ4v) is 13.3. The lowest BCUT2D eigenvalue weighted by molar-refractivity contribution is 0.568. The van der Waals surface area contributed by atoms with Crippen molar-refractivity contribution >= 4 is 71.2 Å². The molecule has 0 amide bonds. The van der Waals surface area contributed by atoms with Crippen LogP contribution in [0.2, 0.25) is 0 Å². The zero-order valence-electron chi connectivity index (χ0n) is 56.8. The van der Waals surface area contributed by atoms with E-state index >= 15 is 0 Å². The third-order valence-corrected chi connectivity index (χ3v) is 19.0. The molecule has 448 valence electrons. The number of para-hydroxylation sites is 1. The molecule has 0 aliphatic heterocycles. The first-order chi connectivity index (χ1) is 41.0. The molecule has 2 heteroatoms. The number of benzene rings is 11. The molecule has 0 bridgehead atoms. The Morgan fingerprint density at radius 3 is 1.15 bits per heavy atom. The second-order valence-electron chi connectivity index (χ2n) is 32.9. The Morgan fingerprint density at radius 1 is 0.250 bits per heavy atom. The molecule has 1 aromatic heterocycles. The Bertz CT molecular complexity index is 4540. The van der Waals surface area contributed by atoms with Crippen molar-refractivity contribution in [3.63, 3.8) is 0 Å². The first kappa shape index (κ1) is 60.3. The summed E-state index contributed by atoms with van der Waals surface area (Å²) in [5.74, 6) is 0. The van der Waals surface area contributed by atoms with E-state index in [-0.39, 0.29) is 37.9 Å². The molecule has 0 aliphatic carbocycles. The van der Waals surface area contributed by atoms with Crippen LogP contribution >= 0.6 is 0 Å². The highest BCUT2D eigenvalue weighted by Crippen LogP contribution is 2.52. The van der Waals surface area contributed by atoms with Gasteiger partial charge in [-0.3, -0.25) is 0 Å². The molecule has 0 saturated carbocycles. The number of hydrogen-bond acceptors (Lipinski definition) is 1. The molecule has 88 heavy (non-hydrogen) atoms. The van der Waals surface area contributed by atoms with Crippen LogP contribution in [0.25, 0.3) is 93.2 Å². The minimum absolute atomic E-state index is 0.00448. The van der Waals surface area contributed by atoms with Crippen molar-refractivity contribution in [2.45, 2.75) is 183 Å². The number of aromatic nitrogens is 1. The molecule has 12 aromatic rings. The summed E-state index contributed by atoms with van der Waals surface area (Å²) in [6.07, 6.45) is 0. The van der Waals surface area contributed by atoms with E-state index < -0.39 is 0 Å². The van der Waals surface area contributed by atoms with Gasteiger partial charge in [0.15, 0.2) is 0 Å². The molecule has 0 unspecified atom stereocenters. The number of rotatable bonds is 7. The summed E-state index contributed by atoms with van der Waals surface area (Å²) in [7, 11) is 0. The maximum absolute atomic E-state index is 2.64. The third kappa shape index (κ3) is 10.9. The normalized spacial score (nSPS) is 13.3. The first-order valence-electron chi connectivity index (χ1n) is 32.3. The van der Waals surface area contributed by atoms with E-state index in [9.17, 15) is 0 Å². The van der Waals surface area contributed by atoms with Crippen LogP contribution in [-0.2, 0) is 37.9 Å². The molecule has 0 N–H and O–H groups in total. The third-order valence-electron chi connectivity index (χ3n) is 19.0. The highest BCUT2D eigenvalue weighted by atomic mass is 15.1. The van der Waals surface area contributed by atoms with Gasteiger partial charge in [-0.2, -0.15) is 0 Å². The summed E-state index contributed by atoms with van der Waals surface area (Å²) in [6.45, 7) is 49.1. The summed E-state index contributed by atoms with van der Waals surface area (Å²) in [5.41, 5.74) is 23.4. The predicted molar refractivity (Wildman–Crippen MR) is 386 cm³/mol. The SMILES string of the molecule is CC(C)(C)c1cc(-c2ccc(-c3ccccc3N(c3cc(C(C)(C)C)ccc3-c3cc(C(C)(C)C)cc(C(C)(C)C)c3)c3ccc4ccc5c(-n6c7ccc(C(C)(C)C)cc7c7cc(C(C)(C)C)ccc76)ccc6ccc3c4c65)cc2)cc(C(C)(C)C)c1. The lowest BCUT2D eigenvalue weighted by atomic mass is 9.78. The quantitative estimate of drug-likeness (QED) is 0.144. The predicted octanol–water partition coefficient (Wildman–Crippen LogP) is 25.2. The van der Waals surface area contributed by atoms with Crippen molar-refractivity contribution in [2.75, 3.05) is 4.90 Å². The highest BCUT2D eigenvalue weighted by molar-refractivity contribution is 6.28. The van der Waals surface area contributed by atoms with Crippen molar-refractivity contribution in [3.05, 3.63) is 227 Å². The van der Waals surface area contributed by atoms with Gasteiger partial charge in [0.1, 0.15) is 0 Å². The Hall–Kier alpha value is -7.94. The number of nitrogens with zero attached hydrogens (tertiary/aromatic N) is 2. The van der Waals surface area contributed by atoms with Gasteiger partial charge >= 0.3 is 0 Å².